The Hall–Kier alpha value is -0.910. The summed E-state index contributed by atoms with van der Waals surface area (Å²) >= 11 is 1.74. The maximum atomic E-state index is 11.9. The number of amides is 1. The molecule has 1 aromatic rings. The maximum Gasteiger partial charge on any atom is 0.223 e. The van der Waals surface area contributed by atoms with Crippen LogP contribution in [0.2, 0.25) is 0 Å². The zero-order chi connectivity index (χ0) is 13.9. The number of likely N-dealkylation sites (N-methyl/N-ethyl adjacent to an activating group) is 1. The molecule has 20 heavy (non-hydrogen) atoms. The Morgan fingerprint density at radius 1 is 1.40 bits per heavy atom. The second kappa shape index (κ2) is 6.24. The summed E-state index contributed by atoms with van der Waals surface area (Å²) in [6.07, 6.45) is 2.15. The molecule has 1 atom stereocenters. The lowest BCUT2D eigenvalue weighted by Gasteiger charge is -2.38. The van der Waals surface area contributed by atoms with Crippen molar-refractivity contribution in [3.63, 3.8) is 0 Å². The monoisotopic (exact) mass is 293 g/mol. The van der Waals surface area contributed by atoms with E-state index >= 15 is 0 Å². The number of thiophene rings is 1. The summed E-state index contributed by atoms with van der Waals surface area (Å²) in [4.78, 5) is 16.8. The van der Waals surface area contributed by atoms with Gasteiger partial charge in [-0.05, 0) is 42.3 Å². The first-order valence-electron chi connectivity index (χ1n) is 7.46. The number of hydrogen-bond donors (Lipinski definition) is 1. The molecule has 1 saturated heterocycles. The first-order valence-corrected chi connectivity index (χ1v) is 8.40. The zero-order valence-corrected chi connectivity index (χ0v) is 12.9. The number of rotatable bonds is 5. The van der Waals surface area contributed by atoms with E-state index in [9.17, 15) is 4.79 Å². The lowest BCUT2D eigenvalue weighted by atomic mass is 10.1. The van der Waals surface area contributed by atoms with Crippen molar-refractivity contribution < 1.29 is 4.79 Å². The van der Waals surface area contributed by atoms with Gasteiger partial charge in [0.25, 0.3) is 0 Å². The second-order valence-corrected chi connectivity index (χ2v) is 6.71. The van der Waals surface area contributed by atoms with E-state index in [0.29, 0.717) is 12.0 Å². The van der Waals surface area contributed by atoms with Crippen molar-refractivity contribution in [2.75, 3.05) is 39.8 Å². The van der Waals surface area contributed by atoms with E-state index in [4.69, 9.17) is 0 Å². The Bertz CT molecular complexity index is 436. The van der Waals surface area contributed by atoms with E-state index in [0.717, 1.165) is 45.6 Å². The third-order valence-corrected chi connectivity index (χ3v) is 5.03. The highest BCUT2D eigenvalue weighted by Crippen LogP contribution is 2.29. The quantitative estimate of drug-likeness (QED) is 0.895. The van der Waals surface area contributed by atoms with Gasteiger partial charge >= 0.3 is 0 Å². The molecule has 5 heteroatoms. The van der Waals surface area contributed by atoms with Crippen LogP contribution in [0, 0.1) is 5.92 Å². The largest absolute Gasteiger partial charge is 0.354 e. The molecule has 0 aromatic carbocycles. The molecule has 1 aliphatic carbocycles. The molecule has 2 aliphatic rings. The molecule has 0 bridgehead atoms. The van der Waals surface area contributed by atoms with Crippen LogP contribution in [0.25, 0.3) is 0 Å². The van der Waals surface area contributed by atoms with Crippen LogP contribution < -0.4 is 5.32 Å². The summed E-state index contributed by atoms with van der Waals surface area (Å²) in [7, 11) is 2.17. The fourth-order valence-electron chi connectivity index (χ4n) is 2.74. The van der Waals surface area contributed by atoms with Gasteiger partial charge in [-0.3, -0.25) is 9.69 Å². The lowest BCUT2D eigenvalue weighted by Crippen LogP contribution is -2.48. The van der Waals surface area contributed by atoms with Crippen LogP contribution in [0.15, 0.2) is 16.8 Å². The van der Waals surface area contributed by atoms with Crippen molar-refractivity contribution in [2.24, 2.45) is 5.92 Å². The second-order valence-electron chi connectivity index (χ2n) is 5.93. The number of nitrogens with zero attached hydrogens (tertiary/aromatic N) is 2. The SMILES string of the molecule is CN1CCN([C@H](CNC(=O)C2CC2)c2ccsc2)CC1. The summed E-state index contributed by atoms with van der Waals surface area (Å²) in [5.74, 6) is 0.546. The summed E-state index contributed by atoms with van der Waals surface area (Å²) < 4.78 is 0. The van der Waals surface area contributed by atoms with Crippen molar-refractivity contribution in [1.29, 1.82) is 0 Å². The molecule has 110 valence electrons. The molecular weight excluding hydrogens is 270 g/mol. The Balaban J connectivity index is 1.62. The molecule has 1 saturated carbocycles. The summed E-state index contributed by atoms with van der Waals surface area (Å²) in [5.41, 5.74) is 1.34. The molecule has 1 aliphatic heterocycles. The number of carbonyl (C=O) groups is 1. The third kappa shape index (κ3) is 3.40. The Labute approximate surface area is 124 Å². The molecule has 1 amide bonds. The van der Waals surface area contributed by atoms with Crippen LogP contribution >= 0.6 is 11.3 Å². The van der Waals surface area contributed by atoms with Gasteiger partial charge in [0.2, 0.25) is 5.91 Å². The van der Waals surface area contributed by atoms with Crippen molar-refractivity contribution in [3.8, 4) is 0 Å². The average Bonchev–Trinajstić information content (AvgIpc) is 3.18. The molecule has 1 N–H and O–H groups in total. The molecule has 0 spiro atoms. The highest BCUT2D eigenvalue weighted by molar-refractivity contribution is 7.07. The third-order valence-electron chi connectivity index (χ3n) is 4.32. The highest BCUT2D eigenvalue weighted by Gasteiger charge is 2.31. The highest BCUT2D eigenvalue weighted by atomic mass is 32.1. The maximum absolute atomic E-state index is 11.9. The Kier molecular flexibility index (Phi) is 4.38. The minimum Gasteiger partial charge on any atom is -0.354 e. The fraction of sp³-hybridized carbons (Fsp3) is 0.667. The average molecular weight is 293 g/mol. The number of nitrogens with one attached hydrogen (secondary N) is 1. The molecule has 2 fully saturated rings. The van der Waals surface area contributed by atoms with Crippen LogP contribution in [0.3, 0.4) is 0 Å². The van der Waals surface area contributed by atoms with E-state index < -0.39 is 0 Å². The van der Waals surface area contributed by atoms with E-state index in [1.165, 1.54) is 5.56 Å². The predicted octanol–water partition coefficient (Wildman–Crippen LogP) is 1.56. The summed E-state index contributed by atoms with van der Waals surface area (Å²) in [6.45, 7) is 5.12. The van der Waals surface area contributed by atoms with Crippen LogP contribution in [-0.4, -0.2) is 55.5 Å². The van der Waals surface area contributed by atoms with Crippen LogP contribution in [-0.2, 0) is 4.79 Å². The summed E-state index contributed by atoms with van der Waals surface area (Å²) in [6, 6.07) is 2.52. The molecule has 2 heterocycles. The zero-order valence-electron chi connectivity index (χ0n) is 12.0. The molecule has 0 unspecified atom stereocenters. The van der Waals surface area contributed by atoms with Crippen molar-refractivity contribution in [3.05, 3.63) is 22.4 Å². The van der Waals surface area contributed by atoms with E-state index in [1.54, 1.807) is 11.3 Å². The van der Waals surface area contributed by atoms with Gasteiger partial charge in [0, 0.05) is 38.6 Å². The minimum atomic E-state index is 0.249. The van der Waals surface area contributed by atoms with Crippen molar-refractivity contribution in [2.45, 2.75) is 18.9 Å². The summed E-state index contributed by atoms with van der Waals surface area (Å²) in [5, 5.41) is 7.49. The van der Waals surface area contributed by atoms with Gasteiger partial charge in [0.15, 0.2) is 0 Å². The smallest absolute Gasteiger partial charge is 0.223 e. The number of piperazine rings is 1. The molecule has 4 nitrogen and oxygen atoms in total. The standard InChI is InChI=1S/C15H23N3OS/c1-17-5-7-18(8-6-17)14(13-4-9-20-11-13)10-16-15(19)12-2-3-12/h4,9,11-12,14H,2-3,5-8,10H2,1H3,(H,16,19)/t14-/m1/s1. The normalized spacial score (nSPS) is 22.6. The fourth-order valence-corrected chi connectivity index (χ4v) is 3.45. The van der Waals surface area contributed by atoms with Gasteiger partial charge in [0.05, 0.1) is 6.04 Å². The first-order chi connectivity index (χ1) is 9.74. The number of carbonyl (C=O) groups excluding carboxylic acids is 1. The van der Waals surface area contributed by atoms with Gasteiger partial charge in [-0.1, -0.05) is 0 Å². The van der Waals surface area contributed by atoms with Crippen molar-refractivity contribution >= 4 is 17.2 Å². The minimum absolute atomic E-state index is 0.249. The van der Waals surface area contributed by atoms with Gasteiger partial charge in [-0.15, -0.1) is 0 Å². The molecule has 3 rings (SSSR count). The van der Waals surface area contributed by atoms with Crippen LogP contribution in [0.1, 0.15) is 24.4 Å². The molecule has 0 radical (unpaired) electrons. The van der Waals surface area contributed by atoms with E-state index in [-0.39, 0.29) is 5.91 Å². The van der Waals surface area contributed by atoms with Gasteiger partial charge < -0.3 is 10.2 Å². The first kappa shape index (κ1) is 14.0. The molecular formula is C15H23N3OS. The van der Waals surface area contributed by atoms with Gasteiger partial charge in [-0.2, -0.15) is 11.3 Å². The lowest BCUT2D eigenvalue weighted by molar-refractivity contribution is -0.122. The van der Waals surface area contributed by atoms with Gasteiger partial charge in [-0.25, -0.2) is 0 Å². The molecule has 1 aromatic heterocycles. The Morgan fingerprint density at radius 3 is 2.75 bits per heavy atom. The van der Waals surface area contributed by atoms with E-state index in [1.807, 2.05) is 0 Å². The van der Waals surface area contributed by atoms with Crippen LogP contribution in [0.4, 0.5) is 0 Å². The topological polar surface area (TPSA) is 35.6 Å². The van der Waals surface area contributed by atoms with Gasteiger partial charge in [0.1, 0.15) is 0 Å². The number of hydrogen-bond acceptors (Lipinski definition) is 4. The van der Waals surface area contributed by atoms with Crippen molar-refractivity contribution in [1.82, 2.24) is 15.1 Å². The van der Waals surface area contributed by atoms with Crippen LogP contribution in [0.5, 0.6) is 0 Å². The predicted molar refractivity (Wildman–Crippen MR) is 81.9 cm³/mol. The van der Waals surface area contributed by atoms with E-state index in [2.05, 4.69) is 39.0 Å². The Morgan fingerprint density at radius 2 is 2.15 bits per heavy atom.